The number of amides is 2. The third-order valence-corrected chi connectivity index (χ3v) is 4.85. The fourth-order valence-corrected chi connectivity index (χ4v) is 3.60. The maximum absolute atomic E-state index is 12.9. The van der Waals surface area contributed by atoms with Crippen LogP contribution in [0.4, 0.5) is 5.69 Å². The molecule has 0 bridgehead atoms. The smallest absolute Gasteiger partial charge is 0.250 e. The summed E-state index contributed by atoms with van der Waals surface area (Å²) in [4.78, 5) is 29.1. The summed E-state index contributed by atoms with van der Waals surface area (Å²) < 4.78 is 0.964. The number of carbonyl (C=O) groups is 2. The number of rotatable bonds is 2. The van der Waals surface area contributed by atoms with E-state index in [0.717, 1.165) is 23.0 Å². The van der Waals surface area contributed by atoms with Gasteiger partial charge in [0.2, 0.25) is 5.91 Å². The highest BCUT2D eigenvalue weighted by Crippen LogP contribution is 2.33. The highest BCUT2D eigenvalue weighted by Gasteiger charge is 2.49. The van der Waals surface area contributed by atoms with Gasteiger partial charge in [-0.05, 0) is 43.0 Å². The normalized spacial score (nSPS) is 25.7. The van der Waals surface area contributed by atoms with Gasteiger partial charge in [0.1, 0.15) is 12.1 Å². The van der Waals surface area contributed by atoms with E-state index in [9.17, 15) is 9.59 Å². The summed E-state index contributed by atoms with van der Waals surface area (Å²) >= 11 is 3.41. The minimum absolute atomic E-state index is 0.0631. The minimum atomic E-state index is -0.395. The lowest BCUT2D eigenvalue weighted by molar-refractivity contribution is -0.145. The van der Waals surface area contributed by atoms with Crippen molar-refractivity contribution >= 4 is 33.4 Å². The Labute approximate surface area is 133 Å². The van der Waals surface area contributed by atoms with Crippen molar-refractivity contribution in [3.8, 4) is 0 Å². The van der Waals surface area contributed by atoms with E-state index in [1.54, 1.807) is 9.80 Å². The first-order valence-electron chi connectivity index (χ1n) is 7.40. The molecule has 0 N–H and O–H groups in total. The SMILES string of the molecule is CC(C)C1C(=O)N2CCCC2C(=O)N1c1ccc(Br)cc1. The van der Waals surface area contributed by atoms with Crippen LogP contribution in [-0.2, 0) is 9.59 Å². The Morgan fingerprint density at radius 1 is 1.14 bits per heavy atom. The molecule has 5 heteroatoms. The van der Waals surface area contributed by atoms with Gasteiger partial charge in [-0.15, -0.1) is 0 Å². The zero-order valence-electron chi connectivity index (χ0n) is 12.3. The molecule has 0 aromatic heterocycles. The van der Waals surface area contributed by atoms with Crippen LogP contribution >= 0.6 is 15.9 Å². The molecule has 2 amide bonds. The first-order valence-corrected chi connectivity index (χ1v) is 8.19. The fourth-order valence-electron chi connectivity index (χ4n) is 3.34. The molecule has 2 heterocycles. The third-order valence-electron chi connectivity index (χ3n) is 4.33. The quantitative estimate of drug-likeness (QED) is 0.822. The van der Waals surface area contributed by atoms with E-state index in [1.807, 2.05) is 38.1 Å². The molecule has 2 fully saturated rings. The molecule has 4 nitrogen and oxygen atoms in total. The lowest BCUT2D eigenvalue weighted by Crippen LogP contribution is -2.64. The maximum atomic E-state index is 12.9. The number of nitrogens with zero attached hydrogens (tertiary/aromatic N) is 2. The number of benzene rings is 1. The Kier molecular flexibility index (Phi) is 3.78. The van der Waals surface area contributed by atoms with Crippen LogP contribution < -0.4 is 4.90 Å². The molecule has 0 spiro atoms. The summed E-state index contributed by atoms with van der Waals surface area (Å²) in [5, 5.41) is 0. The molecule has 2 atom stereocenters. The van der Waals surface area contributed by atoms with Crippen molar-refractivity contribution in [1.29, 1.82) is 0 Å². The number of carbonyl (C=O) groups excluding carboxylic acids is 2. The molecule has 1 aromatic carbocycles. The number of piperazine rings is 1. The second-order valence-electron chi connectivity index (χ2n) is 6.06. The van der Waals surface area contributed by atoms with Gasteiger partial charge in [-0.25, -0.2) is 0 Å². The Balaban J connectivity index is 2.03. The molecule has 2 saturated heterocycles. The van der Waals surface area contributed by atoms with Gasteiger partial charge < -0.3 is 4.90 Å². The standard InChI is InChI=1S/C16H19BrN2O2/c1-10(2)14-16(21)18-9-3-4-13(18)15(20)19(14)12-7-5-11(17)6-8-12/h5-8,10,13-14H,3-4,9H2,1-2H3. The van der Waals surface area contributed by atoms with Crippen LogP contribution in [-0.4, -0.2) is 35.3 Å². The topological polar surface area (TPSA) is 40.6 Å². The van der Waals surface area contributed by atoms with E-state index < -0.39 is 6.04 Å². The van der Waals surface area contributed by atoms with Gasteiger partial charge in [0, 0.05) is 16.7 Å². The van der Waals surface area contributed by atoms with E-state index in [0.29, 0.717) is 6.54 Å². The van der Waals surface area contributed by atoms with Crippen LogP contribution in [0.15, 0.2) is 28.7 Å². The average Bonchev–Trinajstić information content (AvgIpc) is 2.93. The summed E-state index contributed by atoms with van der Waals surface area (Å²) in [7, 11) is 0. The van der Waals surface area contributed by atoms with Crippen LogP contribution in [0.1, 0.15) is 26.7 Å². The van der Waals surface area contributed by atoms with E-state index >= 15 is 0 Å². The van der Waals surface area contributed by atoms with Gasteiger partial charge in [-0.2, -0.15) is 0 Å². The highest BCUT2D eigenvalue weighted by molar-refractivity contribution is 9.10. The van der Waals surface area contributed by atoms with E-state index in [1.165, 1.54) is 0 Å². The summed E-state index contributed by atoms with van der Waals surface area (Å²) in [5.41, 5.74) is 0.807. The van der Waals surface area contributed by atoms with Crippen molar-refractivity contribution in [2.24, 2.45) is 5.92 Å². The molecule has 0 radical (unpaired) electrons. The van der Waals surface area contributed by atoms with Crippen molar-refractivity contribution in [2.45, 2.75) is 38.8 Å². The molecule has 2 unspecified atom stereocenters. The van der Waals surface area contributed by atoms with Crippen molar-refractivity contribution < 1.29 is 9.59 Å². The van der Waals surface area contributed by atoms with E-state index in [-0.39, 0.29) is 23.8 Å². The van der Waals surface area contributed by atoms with Gasteiger partial charge in [-0.3, -0.25) is 14.5 Å². The first-order chi connectivity index (χ1) is 10.0. The van der Waals surface area contributed by atoms with Crippen molar-refractivity contribution in [2.75, 3.05) is 11.4 Å². The Bertz CT molecular complexity index is 570. The van der Waals surface area contributed by atoms with Gasteiger partial charge >= 0.3 is 0 Å². The third kappa shape index (κ3) is 2.37. The van der Waals surface area contributed by atoms with Crippen LogP contribution in [0.5, 0.6) is 0 Å². The molecular formula is C16H19BrN2O2. The predicted molar refractivity (Wildman–Crippen MR) is 85.0 cm³/mol. The Morgan fingerprint density at radius 3 is 2.43 bits per heavy atom. The second-order valence-corrected chi connectivity index (χ2v) is 6.98. The largest absolute Gasteiger partial charge is 0.329 e. The van der Waals surface area contributed by atoms with E-state index in [4.69, 9.17) is 0 Å². The Hall–Kier alpha value is -1.36. The second kappa shape index (κ2) is 5.44. The highest BCUT2D eigenvalue weighted by atomic mass is 79.9. The number of halogens is 1. The minimum Gasteiger partial charge on any atom is -0.329 e. The molecule has 2 aliphatic heterocycles. The molecule has 0 aliphatic carbocycles. The number of hydrogen-bond donors (Lipinski definition) is 0. The van der Waals surface area contributed by atoms with Gasteiger partial charge in [0.15, 0.2) is 0 Å². The molecule has 2 aliphatic rings. The zero-order chi connectivity index (χ0) is 15.1. The van der Waals surface area contributed by atoms with E-state index in [2.05, 4.69) is 15.9 Å². The van der Waals surface area contributed by atoms with Crippen LogP contribution in [0.25, 0.3) is 0 Å². The van der Waals surface area contributed by atoms with Crippen LogP contribution in [0.3, 0.4) is 0 Å². The van der Waals surface area contributed by atoms with Gasteiger partial charge in [0.05, 0.1) is 0 Å². The maximum Gasteiger partial charge on any atom is 0.250 e. The summed E-state index contributed by atoms with van der Waals surface area (Å²) in [6.45, 7) is 4.71. The number of anilines is 1. The van der Waals surface area contributed by atoms with Gasteiger partial charge in [-0.1, -0.05) is 29.8 Å². The van der Waals surface area contributed by atoms with Crippen molar-refractivity contribution in [1.82, 2.24) is 4.90 Å². The number of hydrogen-bond acceptors (Lipinski definition) is 2. The summed E-state index contributed by atoms with van der Waals surface area (Å²) in [6.07, 6.45) is 1.70. The monoisotopic (exact) mass is 350 g/mol. The average molecular weight is 351 g/mol. The molecule has 3 rings (SSSR count). The summed E-state index contributed by atoms with van der Waals surface area (Å²) in [5.74, 6) is 0.245. The van der Waals surface area contributed by atoms with Crippen LogP contribution in [0.2, 0.25) is 0 Å². The van der Waals surface area contributed by atoms with Crippen molar-refractivity contribution in [3.63, 3.8) is 0 Å². The zero-order valence-corrected chi connectivity index (χ0v) is 13.8. The lowest BCUT2D eigenvalue weighted by Gasteiger charge is -2.44. The molecule has 112 valence electrons. The van der Waals surface area contributed by atoms with Gasteiger partial charge in [0.25, 0.3) is 5.91 Å². The molecule has 1 aromatic rings. The fraction of sp³-hybridized carbons (Fsp3) is 0.500. The summed E-state index contributed by atoms with van der Waals surface area (Å²) in [6, 6.07) is 6.95. The number of fused-ring (bicyclic) bond motifs is 1. The molecular weight excluding hydrogens is 332 g/mol. The first kappa shape index (κ1) is 14.6. The van der Waals surface area contributed by atoms with Crippen molar-refractivity contribution in [3.05, 3.63) is 28.7 Å². The Morgan fingerprint density at radius 2 is 1.81 bits per heavy atom. The lowest BCUT2D eigenvalue weighted by atomic mass is 9.95. The van der Waals surface area contributed by atoms with Crippen LogP contribution in [0, 0.1) is 5.92 Å². The molecule has 0 saturated carbocycles. The molecule has 21 heavy (non-hydrogen) atoms. The predicted octanol–water partition coefficient (Wildman–Crippen LogP) is 2.81.